The lowest BCUT2D eigenvalue weighted by atomic mass is 10.2. The molecular formula is C23H31FN3O10P. The van der Waals surface area contributed by atoms with Crippen molar-refractivity contribution < 1.29 is 41.7 Å². The van der Waals surface area contributed by atoms with Crippen LogP contribution in [0.15, 0.2) is 46.1 Å². The third-order valence-corrected chi connectivity index (χ3v) is 7.26. The van der Waals surface area contributed by atoms with Gasteiger partial charge in [0.1, 0.15) is 24.2 Å². The van der Waals surface area contributed by atoms with E-state index in [-0.39, 0.29) is 18.6 Å². The van der Waals surface area contributed by atoms with Gasteiger partial charge < -0.3 is 23.5 Å². The number of nitrogens with zero attached hydrogens (tertiary/aromatic N) is 1. The molecule has 15 heteroatoms. The zero-order chi connectivity index (χ0) is 27.9. The highest BCUT2D eigenvalue weighted by Gasteiger charge is 2.42. The van der Waals surface area contributed by atoms with Crippen LogP contribution in [-0.4, -0.2) is 60.9 Å². The smallest absolute Gasteiger partial charge is 0.459 e. The van der Waals surface area contributed by atoms with Crippen molar-refractivity contribution in [3.05, 3.63) is 63.2 Å². The SMILES string of the molecule is CCC(=O)O[C@H]1CC(n2cc(F)c(=O)[nH]c2=O)O[C@@H]1COP(=O)(NC(C)C(OC)OC)Oc1ccccc1. The van der Waals surface area contributed by atoms with Crippen LogP contribution in [0.4, 0.5) is 4.39 Å². The van der Waals surface area contributed by atoms with Crippen molar-refractivity contribution in [1.29, 1.82) is 0 Å². The second-order valence-electron chi connectivity index (χ2n) is 8.35. The predicted molar refractivity (Wildman–Crippen MR) is 131 cm³/mol. The van der Waals surface area contributed by atoms with Crippen molar-refractivity contribution in [2.45, 2.75) is 57.5 Å². The number of methoxy groups -OCH3 is 2. The van der Waals surface area contributed by atoms with E-state index in [9.17, 15) is 23.3 Å². The molecule has 38 heavy (non-hydrogen) atoms. The van der Waals surface area contributed by atoms with Gasteiger partial charge in [0.25, 0.3) is 5.56 Å². The van der Waals surface area contributed by atoms with Crippen LogP contribution in [0.5, 0.6) is 5.75 Å². The van der Waals surface area contributed by atoms with E-state index in [4.69, 9.17) is 28.0 Å². The molecule has 0 bridgehead atoms. The Balaban J connectivity index is 1.84. The molecule has 3 unspecified atom stereocenters. The largest absolute Gasteiger partial charge is 0.459 e. The van der Waals surface area contributed by atoms with Gasteiger partial charge in [-0.1, -0.05) is 25.1 Å². The van der Waals surface area contributed by atoms with Crippen LogP contribution in [0.2, 0.25) is 0 Å². The molecule has 1 aromatic carbocycles. The quantitative estimate of drug-likeness (QED) is 0.210. The number of benzene rings is 1. The fraction of sp³-hybridized carbons (Fsp3) is 0.522. The van der Waals surface area contributed by atoms with Crippen LogP contribution in [0.1, 0.15) is 32.9 Å². The second kappa shape index (κ2) is 13.3. The Labute approximate surface area is 217 Å². The van der Waals surface area contributed by atoms with Gasteiger partial charge >= 0.3 is 19.4 Å². The molecule has 210 valence electrons. The van der Waals surface area contributed by atoms with E-state index in [1.165, 1.54) is 14.2 Å². The van der Waals surface area contributed by atoms with Crippen molar-refractivity contribution >= 4 is 13.7 Å². The number of carbonyl (C=O) groups is 1. The summed E-state index contributed by atoms with van der Waals surface area (Å²) in [5, 5.41) is 2.75. The molecule has 13 nitrogen and oxygen atoms in total. The van der Waals surface area contributed by atoms with Crippen molar-refractivity contribution in [2.75, 3.05) is 20.8 Å². The number of halogens is 1. The number of hydrogen-bond donors (Lipinski definition) is 2. The molecule has 2 heterocycles. The molecule has 1 aliphatic heterocycles. The first kappa shape index (κ1) is 29.7. The van der Waals surface area contributed by atoms with Crippen molar-refractivity contribution in [2.24, 2.45) is 0 Å². The van der Waals surface area contributed by atoms with E-state index in [1.54, 1.807) is 44.2 Å². The van der Waals surface area contributed by atoms with Gasteiger partial charge in [-0.25, -0.2) is 14.4 Å². The van der Waals surface area contributed by atoms with Gasteiger partial charge in [-0.3, -0.25) is 23.7 Å². The zero-order valence-electron chi connectivity index (χ0n) is 21.3. The Hall–Kier alpha value is -2.87. The number of esters is 1. The van der Waals surface area contributed by atoms with Gasteiger partial charge in [-0.05, 0) is 19.1 Å². The predicted octanol–water partition coefficient (Wildman–Crippen LogP) is 2.09. The lowest BCUT2D eigenvalue weighted by molar-refractivity contribution is -0.152. The van der Waals surface area contributed by atoms with Gasteiger partial charge in [0.05, 0.1) is 18.8 Å². The molecule has 0 amide bonds. The van der Waals surface area contributed by atoms with Crippen LogP contribution in [0.3, 0.4) is 0 Å². The van der Waals surface area contributed by atoms with Crippen molar-refractivity contribution in [3.63, 3.8) is 0 Å². The van der Waals surface area contributed by atoms with Gasteiger partial charge in [0.2, 0.25) is 5.82 Å². The molecular weight excluding hydrogens is 528 g/mol. The molecule has 0 radical (unpaired) electrons. The molecule has 1 aromatic heterocycles. The van der Waals surface area contributed by atoms with E-state index in [1.807, 2.05) is 4.98 Å². The highest BCUT2D eigenvalue weighted by molar-refractivity contribution is 7.52. The van der Waals surface area contributed by atoms with Crippen molar-refractivity contribution in [3.8, 4) is 5.75 Å². The normalized spacial score (nSPS) is 21.7. The lowest BCUT2D eigenvalue weighted by Gasteiger charge is -2.28. The molecule has 1 aliphatic rings. The average Bonchev–Trinajstić information content (AvgIpc) is 3.28. The standard InChI is InChI=1S/C23H31FN3O10P/c1-5-20(28)36-17-11-19(27-12-16(24)21(29)25-23(27)30)35-18(17)13-34-38(31,26-14(2)22(32-3)33-4)37-15-9-7-6-8-10-15/h6-10,12,14,17-19,22H,5,11,13H2,1-4H3,(H,26,31)(H,25,29,30)/t14?,17-,18+,19?,38?/m0/s1. The Morgan fingerprint density at radius 3 is 2.58 bits per heavy atom. The van der Waals surface area contributed by atoms with Crippen LogP contribution in [0.25, 0.3) is 0 Å². The van der Waals surface area contributed by atoms with Crippen LogP contribution in [-0.2, 0) is 32.8 Å². The second-order valence-corrected chi connectivity index (χ2v) is 10.0. The van der Waals surface area contributed by atoms with E-state index in [0.29, 0.717) is 6.20 Å². The molecule has 1 saturated heterocycles. The summed E-state index contributed by atoms with van der Waals surface area (Å²) in [6, 6.07) is 7.62. The average molecular weight is 559 g/mol. The summed E-state index contributed by atoms with van der Waals surface area (Å²) in [7, 11) is -1.29. The molecule has 5 atom stereocenters. The molecule has 3 rings (SSSR count). The summed E-state index contributed by atoms with van der Waals surface area (Å²) in [6.45, 7) is 2.83. The number of aromatic nitrogens is 2. The zero-order valence-corrected chi connectivity index (χ0v) is 22.2. The van der Waals surface area contributed by atoms with E-state index < -0.39 is 68.2 Å². The van der Waals surface area contributed by atoms with E-state index in [2.05, 4.69) is 5.09 Å². The van der Waals surface area contributed by atoms with Crippen LogP contribution >= 0.6 is 7.75 Å². The summed E-state index contributed by atoms with van der Waals surface area (Å²) in [6.07, 6.45) is -3.16. The van der Waals surface area contributed by atoms with Crippen LogP contribution < -0.4 is 20.9 Å². The summed E-state index contributed by atoms with van der Waals surface area (Å²) in [5.41, 5.74) is -2.09. The fourth-order valence-electron chi connectivity index (χ4n) is 3.77. The Bertz CT molecular complexity index is 1240. The van der Waals surface area contributed by atoms with Gasteiger partial charge in [-0.2, -0.15) is 4.39 Å². The first-order valence-corrected chi connectivity index (χ1v) is 13.3. The molecule has 2 N–H and O–H groups in total. The van der Waals surface area contributed by atoms with E-state index in [0.717, 1.165) is 4.57 Å². The third kappa shape index (κ3) is 7.59. The fourth-order valence-corrected chi connectivity index (χ4v) is 5.31. The number of rotatable bonds is 13. The maximum Gasteiger partial charge on any atom is 0.459 e. The molecule has 1 fully saturated rings. The topological polar surface area (TPSA) is 156 Å². The van der Waals surface area contributed by atoms with E-state index >= 15 is 0 Å². The Kier molecular flexibility index (Phi) is 10.4. The summed E-state index contributed by atoms with van der Waals surface area (Å²) < 4.78 is 61.6. The number of ether oxygens (including phenoxy) is 4. The van der Waals surface area contributed by atoms with Crippen molar-refractivity contribution in [1.82, 2.24) is 14.6 Å². The van der Waals surface area contributed by atoms with Gasteiger partial charge in [-0.15, -0.1) is 0 Å². The summed E-state index contributed by atoms with van der Waals surface area (Å²) >= 11 is 0. The number of hydrogen-bond acceptors (Lipinski definition) is 10. The molecule has 0 spiro atoms. The molecule has 0 aliphatic carbocycles. The monoisotopic (exact) mass is 559 g/mol. The minimum Gasteiger partial charge on any atom is -0.459 e. The van der Waals surface area contributed by atoms with Gasteiger partial charge in [0.15, 0.2) is 6.29 Å². The number of H-pyrrole nitrogens is 1. The minimum atomic E-state index is -4.12. The minimum absolute atomic E-state index is 0.0613. The molecule has 0 saturated carbocycles. The number of aromatic amines is 1. The summed E-state index contributed by atoms with van der Waals surface area (Å²) in [5.74, 6) is -1.50. The Morgan fingerprint density at radius 2 is 1.95 bits per heavy atom. The first-order chi connectivity index (χ1) is 18.1. The third-order valence-electron chi connectivity index (χ3n) is 5.60. The number of carbonyl (C=O) groups excluding carboxylic acids is 1. The number of para-hydroxylation sites is 1. The maximum atomic E-state index is 13.9. The Morgan fingerprint density at radius 1 is 1.26 bits per heavy atom. The highest BCUT2D eigenvalue weighted by Crippen LogP contribution is 2.46. The lowest BCUT2D eigenvalue weighted by Crippen LogP contribution is -2.40. The van der Waals surface area contributed by atoms with Crippen LogP contribution in [0, 0.1) is 5.82 Å². The number of nitrogens with one attached hydrogen (secondary N) is 2. The van der Waals surface area contributed by atoms with Gasteiger partial charge in [0, 0.05) is 27.1 Å². The summed E-state index contributed by atoms with van der Waals surface area (Å²) in [4.78, 5) is 37.6. The maximum absolute atomic E-state index is 13.9. The highest BCUT2D eigenvalue weighted by atomic mass is 31.2. The first-order valence-electron chi connectivity index (χ1n) is 11.8. The molecule has 2 aromatic rings.